The largest absolute Gasteiger partial charge is 0.490 e. The molecule has 0 saturated carbocycles. The van der Waals surface area contributed by atoms with E-state index in [0.29, 0.717) is 49.9 Å². The molecule has 5 nitrogen and oxygen atoms in total. The van der Waals surface area contributed by atoms with Gasteiger partial charge in [-0.2, -0.15) is 0 Å². The molecule has 0 heterocycles. The molecule has 0 saturated heterocycles. The number of aliphatic hydroxyl groups is 1. The Morgan fingerprint density at radius 1 is 1.00 bits per heavy atom. The lowest BCUT2D eigenvalue weighted by atomic mass is 10.0. The molecule has 3 N–H and O–H groups in total. The third-order valence-corrected chi connectivity index (χ3v) is 3.35. The van der Waals surface area contributed by atoms with E-state index >= 15 is 0 Å². The van der Waals surface area contributed by atoms with Gasteiger partial charge in [-0.1, -0.05) is 6.07 Å². The summed E-state index contributed by atoms with van der Waals surface area (Å²) in [4.78, 5) is 0. The van der Waals surface area contributed by atoms with E-state index in [2.05, 4.69) is 0 Å². The standard InChI is InChI=1S/C17H29NO4/c1-5-20-15-11-9-13(8-10-14(19)12(4)18)16(21-6-2)17(15)22-7-3/h9,11-12,14,19H,5-8,10,18H2,1-4H3. The minimum atomic E-state index is -0.531. The van der Waals surface area contributed by atoms with Crippen LogP contribution in [0.3, 0.4) is 0 Å². The quantitative estimate of drug-likeness (QED) is 0.694. The van der Waals surface area contributed by atoms with Gasteiger partial charge >= 0.3 is 0 Å². The molecular weight excluding hydrogens is 282 g/mol. The Hall–Kier alpha value is -1.46. The molecule has 0 aromatic heterocycles. The first-order valence-corrected chi connectivity index (χ1v) is 8.02. The summed E-state index contributed by atoms with van der Waals surface area (Å²) in [5.41, 5.74) is 6.71. The van der Waals surface area contributed by atoms with E-state index in [0.717, 1.165) is 5.56 Å². The monoisotopic (exact) mass is 311 g/mol. The van der Waals surface area contributed by atoms with Gasteiger partial charge < -0.3 is 25.1 Å². The Labute approximate surface area is 133 Å². The molecule has 22 heavy (non-hydrogen) atoms. The lowest BCUT2D eigenvalue weighted by molar-refractivity contribution is 0.141. The predicted molar refractivity (Wildman–Crippen MR) is 87.9 cm³/mol. The predicted octanol–water partition coefficient (Wildman–Crippen LogP) is 2.52. The summed E-state index contributed by atoms with van der Waals surface area (Å²) < 4.78 is 17.1. The van der Waals surface area contributed by atoms with Crippen molar-refractivity contribution >= 4 is 0 Å². The van der Waals surface area contributed by atoms with E-state index in [4.69, 9.17) is 19.9 Å². The van der Waals surface area contributed by atoms with Crippen LogP contribution in [-0.2, 0) is 6.42 Å². The van der Waals surface area contributed by atoms with E-state index in [9.17, 15) is 5.11 Å². The summed E-state index contributed by atoms with van der Waals surface area (Å²) in [7, 11) is 0. The number of benzene rings is 1. The van der Waals surface area contributed by atoms with Crippen LogP contribution in [0.1, 0.15) is 39.7 Å². The maximum atomic E-state index is 9.90. The van der Waals surface area contributed by atoms with Gasteiger partial charge in [0.1, 0.15) is 0 Å². The summed E-state index contributed by atoms with van der Waals surface area (Å²) in [6, 6.07) is 3.61. The van der Waals surface area contributed by atoms with Crippen molar-refractivity contribution in [1.82, 2.24) is 0 Å². The normalized spacial score (nSPS) is 13.5. The van der Waals surface area contributed by atoms with Gasteiger partial charge in [-0.05, 0) is 52.2 Å². The maximum absolute atomic E-state index is 9.90. The molecule has 0 amide bonds. The Morgan fingerprint density at radius 2 is 1.59 bits per heavy atom. The molecule has 1 aromatic carbocycles. The zero-order chi connectivity index (χ0) is 16.5. The maximum Gasteiger partial charge on any atom is 0.203 e. The van der Waals surface area contributed by atoms with E-state index in [-0.39, 0.29) is 6.04 Å². The molecule has 0 fully saturated rings. The minimum absolute atomic E-state index is 0.246. The first kappa shape index (κ1) is 18.6. The van der Waals surface area contributed by atoms with Crippen LogP contribution in [-0.4, -0.2) is 37.1 Å². The van der Waals surface area contributed by atoms with Gasteiger partial charge in [-0.15, -0.1) is 0 Å². The van der Waals surface area contributed by atoms with Gasteiger partial charge in [0.15, 0.2) is 11.5 Å². The van der Waals surface area contributed by atoms with Crippen molar-refractivity contribution in [1.29, 1.82) is 0 Å². The highest BCUT2D eigenvalue weighted by molar-refractivity contribution is 5.56. The van der Waals surface area contributed by atoms with Crippen molar-refractivity contribution in [2.75, 3.05) is 19.8 Å². The summed E-state index contributed by atoms with van der Waals surface area (Å²) in [5, 5.41) is 9.90. The molecule has 5 heteroatoms. The van der Waals surface area contributed by atoms with Gasteiger partial charge in [0, 0.05) is 6.04 Å². The van der Waals surface area contributed by atoms with Crippen LogP contribution < -0.4 is 19.9 Å². The van der Waals surface area contributed by atoms with Crippen molar-refractivity contribution < 1.29 is 19.3 Å². The summed E-state index contributed by atoms with van der Waals surface area (Å²) in [6.45, 7) is 9.24. The number of hydrogen-bond acceptors (Lipinski definition) is 5. The Balaban J connectivity index is 3.06. The number of nitrogens with two attached hydrogens (primary N) is 1. The summed E-state index contributed by atoms with van der Waals surface area (Å²) >= 11 is 0. The molecule has 0 aliphatic heterocycles. The van der Waals surface area contributed by atoms with Crippen LogP contribution in [0, 0.1) is 0 Å². The van der Waals surface area contributed by atoms with Crippen LogP contribution in [0.5, 0.6) is 17.2 Å². The Morgan fingerprint density at radius 3 is 2.14 bits per heavy atom. The zero-order valence-corrected chi connectivity index (χ0v) is 14.1. The first-order valence-electron chi connectivity index (χ1n) is 8.02. The zero-order valence-electron chi connectivity index (χ0n) is 14.1. The fraction of sp³-hybridized carbons (Fsp3) is 0.647. The number of ether oxygens (including phenoxy) is 3. The molecule has 1 rings (SSSR count). The number of aryl methyl sites for hydroxylation is 1. The number of hydrogen-bond donors (Lipinski definition) is 2. The summed E-state index contributed by atoms with van der Waals surface area (Å²) in [5.74, 6) is 2.02. The van der Waals surface area contributed by atoms with Gasteiger partial charge in [0.05, 0.1) is 25.9 Å². The third-order valence-electron chi connectivity index (χ3n) is 3.35. The highest BCUT2D eigenvalue weighted by Gasteiger charge is 2.18. The van der Waals surface area contributed by atoms with Crippen molar-refractivity contribution in [2.24, 2.45) is 5.73 Å². The average Bonchev–Trinajstić information content (AvgIpc) is 2.49. The molecule has 126 valence electrons. The average molecular weight is 311 g/mol. The minimum Gasteiger partial charge on any atom is -0.490 e. The van der Waals surface area contributed by atoms with Crippen molar-refractivity contribution in [3.05, 3.63) is 17.7 Å². The molecule has 0 spiro atoms. The van der Waals surface area contributed by atoms with Gasteiger partial charge in [-0.25, -0.2) is 0 Å². The molecule has 0 aliphatic carbocycles. The lowest BCUT2D eigenvalue weighted by Gasteiger charge is -2.20. The molecule has 2 atom stereocenters. The van der Waals surface area contributed by atoms with Crippen LogP contribution in [0.15, 0.2) is 12.1 Å². The second kappa shape index (κ2) is 9.54. The molecule has 1 aromatic rings. The highest BCUT2D eigenvalue weighted by atomic mass is 16.5. The Bertz CT molecular complexity index is 449. The lowest BCUT2D eigenvalue weighted by Crippen LogP contribution is -2.31. The van der Waals surface area contributed by atoms with Gasteiger partial charge in [0.25, 0.3) is 0 Å². The summed E-state index contributed by atoms with van der Waals surface area (Å²) in [6.07, 6.45) is 0.721. The van der Waals surface area contributed by atoms with Crippen molar-refractivity contribution in [3.63, 3.8) is 0 Å². The number of aliphatic hydroxyl groups excluding tert-OH is 1. The van der Waals surface area contributed by atoms with Crippen LogP contribution >= 0.6 is 0 Å². The van der Waals surface area contributed by atoms with E-state index in [1.165, 1.54) is 0 Å². The van der Waals surface area contributed by atoms with Gasteiger partial charge in [0.2, 0.25) is 5.75 Å². The van der Waals surface area contributed by atoms with Crippen LogP contribution in [0.2, 0.25) is 0 Å². The molecule has 0 bridgehead atoms. The van der Waals surface area contributed by atoms with E-state index in [1.54, 1.807) is 6.92 Å². The number of rotatable bonds is 10. The molecule has 2 unspecified atom stereocenters. The fourth-order valence-electron chi connectivity index (χ4n) is 2.20. The second-order valence-corrected chi connectivity index (χ2v) is 5.15. The van der Waals surface area contributed by atoms with Crippen molar-refractivity contribution in [2.45, 2.75) is 52.7 Å². The van der Waals surface area contributed by atoms with E-state index in [1.807, 2.05) is 32.9 Å². The first-order chi connectivity index (χ1) is 10.5. The van der Waals surface area contributed by atoms with Crippen LogP contribution in [0.4, 0.5) is 0 Å². The van der Waals surface area contributed by atoms with Crippen LogP contribution in [0.25, 0.3) is 0 Å². The molecule has 0 radical (unpaired) electrons. The van der Waals surface area contributed by atoms with Crippen molar-refractivity contribution in [3.8, 4) is 17.2 Å². The Kier molecular flexibility index (Phi) is 8.06. The SMILES string of the molecule is CCOc1ccc(CCC(O)C(C)N)c(OCC)c1OCC. The molecule has 0 aliphatic rings. The highest BCUT2D eigenvalue weighted by Crippen LogP contribution is 2.41. The molecular formula is C17H29NO4. The fourth-order valence-corrected chi connectivity index (χ4v) is 2.20. The third kappa shape index (κ3) is 5.07. The van der Waals surface area contributed by atoms with E-state index < -0.39 is 6.10 Å². The van der Waals surface area contributed by atoms with Gasteiger partial charge in [-0.3, -0.25) is 0 Å². The second-order valence-electron chi connectivity index (χ2n) is 5.15. The topological polar surface area (TPSA) is 73.9 Å². The smallest absolute Gasteiger partial charge is 0.203 e.